The Hall–Kier alpha value is -2.30. The number of rotatable bonds is 5. The molecule has 2 heterocycles. The van der Waals surface area contributed by atoms with Gasteiger partial charge in [-0.2, -0.15) is 0 Å². The summed E-state index contributed by atoms with van der Waals surface area (Å²) < 4.78 is 5.82. The molecule has 0 radical (unpaired) electrons. The Bertz CT molecular complexity index is 765. The van der Waals surface area contributed by atoms with E-state index < -0.39 is 0 Å². The van der Waals surface area contributed by atoms with Gasteiger partial charge in [0.15, 0.2) is 5.76 Å². The Kier molecular flexibility index (Phi) is 5.41. The zero-order chi connectivity index (χ0) is 17.8. The number of para-hydroxylation sites is 1. The van der Waals surface area contributed by atoms with Crippen LogP contribution in [0.25, 0.3) is 11.0 Å². The van der Waals surface area contributed by atoms with Gasteiger partial charge < -0.3 is 14.6 Å². The summed E-state index contributed by atoms with van der Waals surface area (Å²) in [7, 11) is 0. The SMILES string of the molecule is CCCC(=O)NCC1CCCN(C(=O)c2oc3ccccc3c2C)C1. The van der Waals surface area contributed by atoms with Crippen molar-refractivity contribution in [2.45, 2.75) is 39.5 Å². The molecular weight excluding hydrogens is 316 g/mol. The van der Waals surface area contributed by atoms with E-state index in [1.54, 1.807) is 0 Å². The number of fused-ring (bicyclic) bond motifs is 1. The molecule has 0 aliphatic carbocycles. The number of nitrogens with one attached hydrogen (secondary N) is 1. The highest BCUT2D eigenvalue weighted by atomic mass is 16.3. The van der Waals surface area contributed by atoms with Gasteiger partial charge in [0.1, 0.15) is 5.58 Å². The van der Waals surface area contributed by atoms with E-state index in [-0.39, 0.29) is 11.8 Å². The largest absolute Gasteiger partial charge is 0.451 e. The van der Waals surface area contributed by atoms with Crippen LogP contribution in [0, 0.1) is 12.8 Å². The van der Waals surface area contributed by atoms with E-state index in [9.17, 15) is 9.59 Å². The minimum absolute atomic E-state index is 0.0433. The van der Waals surface area contributed by atoms with Crippen LogP contribution >= 0.6 is 0 Å². The Morgan fingerprint density at radius 2 is 2.12 bits per heavy atom. The monoisotopic (exact) mass is 342 g/mol. The smallest absolute Gasteiger partial charge is 0.289 e. The topological polar surface area (TPSA) is 62.6 Å². The summed E-state index contributed by atoms with van der Waals surface area (Å²) in [6, 6.07) is 7.74. The fourth-order valence-electron chi connectivity index (χ4n) is 3.51. The van der Waals surface area contributed by atoms with Crippen LogP contribution in [-0.2, 0) is 4.79 Å². The number of piperidine rings is 1. The van der Waals surface area contributed by atoms with E-state index in [1.165, 1.54) is 0 Å². The molecule has 1 aromatic heterocycles. The first-order chi connectivity index (χ1) is 12.1. The molecule has 5 nitrogen and oxygen atoms in total. The van der Waals surface area contributed by atoms with Crippen LogP contribution in [0.15, 0.2) is 28.7 Å². The maximum absolute atomic E-state index is 12.9. The number of aryl methyl sites for hydroxylation is 1. The number of carbonyl (C=O) groups is 2. The molecule has 3 rings (SSSR count). The zero-order valence-corrected chi connectivity index (χ0v) is 15.0. The second-order valence-corrected chi connectivity index (χ2v) is 6.87. The van der Waals surface area contributed by atoms with E-state index in [1.807, 2.05) is 43.0 Å². The lowest BCUT2D eigenvalue weighted by Crippen LogP contribution is -2.43. The Morgan fingerprint density at radius 1 is 1.32 bits per heavy atom. The number of likely N-dealkylation sites (tertiary alicyclic amines) is 1. The van der Waals surface area contributed by atoms with E-state index in [4.69, 9.17) is 4.42 Å². The molecule has 134 valence electrons. The van der Waals surface area contributed by atoms with Crippen LogP contribution in [0.2, 0.25) is 0 Å². The summed E-state index contributed by atoms with van der Waals surface area (Å²) >= 11 is 0. The lowest BCUT2D eigenvalue weighted by molar-refractivity contribution is -0.121. The summed E-state index contributed by atoms with van der Waals surface area (Å²) in [5, 5.41) is 3.98. The fourth-order valence-corrected chi connectivity index (χ4v) is 3.51. The molecule has 1 aliphatic heterocycles. The average molecular weight is 342 g/mol. The van der Waals surface area contributed by atoms with Gasteiger partial charge in [-0.1, -0.05) is 25.1 Å². The van der Waals surface area contributed by atoms with E-state index in [2.05, 4.69) is 5.32 Å². The normalized spacial score (nSPS) is 17.7. The van der Waals surface area contributed by atoms with Crippen LogP contribution in [0.1, 0.15) is 48.7 Å². The summed E-state index contributed by atoms with van der Waals surface area (Å²) in [6.07, 6.45) is 3.41. The van der Waals surface area contributed by atoms with Gasteiger partial charge in [0.25, 0.3) is 5.91 Å². The molecule has 1 aromatic carbocycles. The molecule has 2 amide bonds. The minimum Gasteiger partial charge on any atom is -0.451 e. The molecule has 1 atom stereocenters. The molecule has 1 fully saturated rings. The van der Waals surface area contributed by atoms with Crippen molar-refractivity contribution in [3.05, 3.63) is 35.6 Å². The van der Waals surface area contributed by atoms with Crippen molar-refractivity contribution in [2.75, 3.05) is 19.6 Å². The molecule has 1 unspecified atom stereocenters. The maximum atomic E-state index is 12.9. The number of amides is 2. The van der Waals surface area contributed by atoms with Crippen LogP contribution in [0.3, 0.4) is 0 Å². The van der Waals surface area contributed by atoms with Crippen LogP contribution in [-0.4, -0.2) is 36.3 Å². The quantitative estimate of drug-likeness (QED) is 0.904. The number of furan rings is 1. The average Bonchev–Trinajstić information content (AvgIpc) is 2.97. The van der Waals surface area contributed by atoms with Crippen LogP contribution in [0.4, 0.5) is 0 Å². The van der Waals surface area contributed by atoms with Gasteiger partial charge in [0.2, 0.25) is 5.91 Å². The second-order valence-electron chi connectivity index (χ2n) is 6.87. The highest BCUT2D eigenvalue weighted by Gasteiger charge is 2.28. The molecule has 0 saturated carbocycles. The number of benzene rings is 1. The summed E-state index contributed by atoms with van der Waals surface area (Å²) in [4.78, 5) is 26.4. The molecule has 1 saturated heterocycles. The number of hydrogen-bond acceptors (Lipinski definition) is 3. The third-order valence-corrected chi connectivity index (χ3v) is 4.91. The van der Waals surface area contributed by atoms with Gasteiger partial charge in [0.05, 0.1) is 0 Å². The zero-order valence-electron chi connectivity index (χ0n) is 15.0. The second kappa shape index (κ2) is 7.72. The van der Waals surface area contributed by atoms with Gasteiger partial charge in [-0.3, -0.25) is 9.59 Å². The van der Waals surface area contributed by atoms with Crippen LogP contribution in [0.5, 0.6) is 0 Å². The van der Waals surface area contributed by atoms with Gasteiger partial charge in [0, 0.05) is 37.0 Å². The third kappa shape index (κ3) is 3.86. The molecule has 1 aliphatic rings. The van der Waals surface area contributed by atoms with E-state index in [0.29, 0.717) is 31.2 Å². The van der Waals surface area contributed by atoms with Gasteiger partial charge in [-0.25, -0.2) is 0 Å². The van der Waals surface area contributed by atoms with Crippen LogP contribution < -0.4 is 5.32 Å². The first kappa shape index (κ1) is 17.5. The predicted molar refractivity (Wildman–Crippen MR) is 97.5 cm³/mol. The maximum Gasteiger partial charge on any atom is 0.289 e. The first-order valence-electron chi connectivity index (χ1n) is 9.14. The molecular formula is C20H26N2O3. The van der Waals surface area contributed by atoms with E-state index >= 15 is 0 Å². The highest BCUT2D eigenvalue weighted by molar-refractivity contribution is 5.98. The Balaban J connectivity index is 1.67. The molecule has 2 aromatic rings. The molecule has 0 spiro atoms. The molecule has 1 N–H and O–H groups in total. The van der Waals surface area contributed by atoms with Gasteiger partial charge >= 0.3 is 0 Å². The fraction of sp³-hybridized carbons (Fsp3) is 0.500. The number of hydrogen-bond donors (Lipinski definition) is 1. The Morgan fingerprint density at radius 3 is 2.88 bits per heavy atom. The third-order valence-electron chi connectivity index (χ3n) is 4.91. The Labute approximate surface area is 148 Å². The number of nitrogens with zero attached hydrogens (tertiary/aromatic N) is 1. The first-order valence-corrected chi connectivity index (χ1v) is 9.14. The molecule has 0 bridgehead atoms. The van der Waals surface area contributed by atoms with Gasteiger partial charge in [-0.15, -0.1) is 0 Å². The summed E-state index contributed by atoms with van der Waals surface area (Å²) in [5.41, 5.74) is 1.66. The number of carbonyl (C=O) groups excluding carboxylic acids is 2. The van der Waals surface area contributed by atoms with Crippen molar-refractivity contribution >= 4 is 22.8 Å². The lowest BCUT2D eigenvalue weighted by atomic mass is 9.97. The molecule has 5 heteroatoms. The predicted octanol–water partition coefficient (Wildman–Crippen LogP) is 3.51. The van der Waals surface area contributed by atoms with E-state index in [0.717, 1.165) is 42.3 Å². The summed E-state index contributed by atoms with van der Waals surface area (Å²) in [5.74, 6) is 0.803. The van der Waals surface area contributed by atoms with Crippen molar-refractivity contribution in [1.29, 1.82) is 0 Å². The highest BCUT2D eigenvalue weighted by Crippen LogP contribution is 2.27. The van der Waals surface area contributed by atoms with Crippen molar-refractivity contribution in [1.82, 2.24) is 10.2 Å². The molecule has 25 heavy (non-hydrogen) atoms. The van der Waals surface area contributed by atoms with Crippen molar-refractivity contribution in [2.24, 2.45) is 5.92 Å². The minimum atomic E-state index is -0.0433. The van der Waals surface area contributed by atoms with Crippen molar-refractivity contribution in [3.8, 4) is 0 Å². The standard InChI is InChI=1S/C20H26N2O3/c1-3-7-18(23)21-12-15-8-6-11-22(13-15)20(24)19-14(2)16-9-4-5-10-17(16)25-19/h4-5,9-10,15H,3,6-8,11-13H2,1-2H3,(H,21,23). The summed E-state index contributed by atoms with van der Waals surface area (Å²) in [6.45, 7) is 5.99. The van der Waals surface area contributed by atoms with Crippen molar-refractivity contribution < 1.29 is 14.0 Å². The lowest BCUT2D eigenvalue weighted by Gasteiger charge is -2.32. The van der Waals surface area contributed by atoms with Gasteiger partial charge in [-0.05, 0) is 38.2 Å². The van der Waals surface area contributed by atoms with Crippen molar-refractivity contribution in [3.63, 3.8) is 0 Å².